The van der Waals surface area contributed by atoms with Crippen molar-refractivity contribution in [2.45, 2.75) is 6.61 Å². The molecule has 0 unspecified atom stereocenters. The van der Waals surface area contributed by atoms with Crippen molar-refractivity contribution >= 4 is 61.9 Å². The van der Waals surface area contributed by atoms with Gasteiger partial charge in [0.25, 0.3) is 5.91 Å². The fraction of sp³-hybridized carbons (Fsp3) is 0.0588. The molecule has 0 saturated carbocycles. The predicted octanol–water partition coefficient (Wildman–Crippen LogP) is 4.17. The third-order valence-electron chi connectivity index (χ3n) is 3.34. The number of amides is 1. The Labute approximate surface area is 153 Å². The van der Waals surface area contributed by atoms with Crippen LogP contribution < -0.4 is 10.6 Å². The molecule has 24 heavy (non-hydrogen) atoms. The first-order valence-corrected chi connectivity index (χ1v) is 8.68. The monoisotopic (exact) mass is 376 g/mol. The van der Waals surface area contributed by atoms with Gasteiger partial charge in [0.2, 0.25) is 0 Å². The topological polar surface area (TPSA) is 61.4 Å². The van der Waals surface area contributed by atoms with Gasteiger partial charge in [0, 0.05) is 15.8 Å². The SMILES string of the molecule is O=C(NC(=S)Nc1cccc(CO)c1)c1sc2ccccc2c1Cl. The fourth-order valence-electron chi connectivity index (χ4n) is 2.23. The zero-order chi connectivity index (χ0) is 17.1. The highest BCUT2D eigenvalue weighted by Gasteiger charge is 2.17. The molecule has 0 radical (unpaired) electrons. The van der Waals surface area contributed by atoms with Crippen LogP contribution in [-0.2, 0) is 6.61 Å². The van der Waals surface area contributed by atoms with E-state index in [1.807, 2.05) is 24.3 Å². The molecule has 2 aromatic carbocycles. The number of thiophene rings is 1. The van der Waals surface area contributed by atoms with Crippen molar-refractivity contribution in [2.24, 2.45) is 0 Å². The molecule has 1 amide bonds. The van der Waals surface area contributed by atoms with Gasteiger partial charge in [-0.1, -0.05) is 41.9 Å². The highest BCUT2D eigenvalue weighted by molar-refractivity contribution is 7.80. The molecule has 0 bridgehead atoms. The van der Waals surface area contributed by atoms with Crippen molar-refractivity contribution in [1.82, 2.24) is 5.32 Å². The highest BCUT2D eigenvalue weighted by atomic mass is 35.5. The molecule has 0 spiro atoms. The van der Waals surface area contributed by atoms with E-state index in [4.69, 9.17) is 28.9 Å². The van der Waals surface area contributed by atoms with E-state index in [9.17, 15) is 4.79 Å². The number of carbonyl (C=O) groups excluding carboxylic acids is 1. The summed E-state index contributed by atoms with van der Waals surface area (Å²) < 4.78 is 0.946. The summed E-state index contributed by atoms with van der Waals surface area (Å²) in [6.45, 7) is -0.0635. The number of aliphatic hydroxyl groups excluding tert-OH is 1. The van der Waals surface area contributed by atoms with Crippen LogP contribution in [-0.4, -0.2) is 16.1 Å². The largest absolute Gasteiger partial charge is 0.392 e. The molecule has 0 fully saturated rings. The maximum absolute atomic E-state index is 12.4. The van der Waals surface area contributed by atoms with E-state index in [1.165, 1.54) is 11.3 Å². The van der Waals surface area contributed by atoms with E-state index < -0.39 is 0 Å². The predicted molar refractivity (Wildman–Crippen MR) is 103 cm³/mol. The second-order valence-electron chi connectivity index (χ2n) is 5.01. The lowest BCUT2D eigenvalue weighted by molar-refractivity contribution is 0.0982. The number of rotatable bonds is 3. The van der Waals surface area contributed by atoms with E-state index in [-0.39, 0.29) is 17.6 Å². The zero-order valence-corrected chi connectivity index (χ0v) is 14.8. The number of nitrogens with one attached hydrogen (secondary N) is 2. The van der Waals surface area contributed by atoms with Crippen LogP contribution in [0.3, 0.4) is 0 Å². The summed E-state index contributed by atoms with van der Waals surface area (Å²) >= 11 is 12.8. The minimum atomic E-state index is -0.350. The maximum Gasteiger partial charge on any atom is 0.269 e. The lowest BCUT2D eigenvalue weighted by atomic mass is 10.2. The minimum Gasteiger partial charge on any atom is -0.392 e. The number of thiocarbonyl (C=S) groups is 1. The van der Waals surface area contributed by atoms with Crippen LogP contribution in [0.4, 0.5) is 5.69 Å². The van der Waals surface area contributed by atoms with Gasteiger partial charge in [-0.2, -0.15) is 0 Å². The van der Waals surface area contributed by atoms with Crippen LogP contribution in [0.2, 0.25) is 5.02 Å². The fourth-order valence-corrected chi connectivity index (χ4v) is 3.85. The summed E-state index contributed by atoms with van der Waals surface area (Å²) in [6.07, 6.45) is 0. The smallest absolute Gasteiger partial charge is 0.269 e. The Balaban J connectivity index is 1.73. The number of hydrogen-bond acceptors (Lipinski definition) is 4. The lowest BCUT2D eigenvalue weighted by Crippen LogP contribution is -2.33. The van der Waals surface area contributed by atoms with Crippen LogP contribution >= 0.6 is 35.2 Å². The molecule has 1 heterocycles. The molecule has 3 aromatic rings. The summed E-state index contributed by atoms with van der Waals surface area (Å²) in [5.74, 6) is -0.350. The van der Waals surface area contributed by atoms with E-state index in [1.54, 1.807) is 24.3 Å². The van der Waals surface area contributed by atoms with Crippen LogP contribution in [0.1, 0.15) is 15.2 Å². The van der Waals surface area contributed by atoms with E-state index in [0.717, 1.165) is 15.6 Å². The second kappa shape index (κ2) is 7.27. The standard InChI is InChI=1S/C17H13ClN2O2S2/c18-14-12-6-1-2-7-13(12)24-15(14)16(22)20-17(23)19-11-5-3-4-10(8-11)9-21/h1-8,21H,9H2,(H2,19,20,22,23). The number of aliphatic hydroxyl groups is 1. The number of carbonyl (C=O) groups is 1. The number of hydrogen-bond donors (Lipinski definition) is 3. The Morgan fingerprint density at radius 1 is 1.21 bits per heavy atom. The molecule has 3 N–H and O–H groups in total. The summed E-state index contributed by atoms with van der Waals surface area (Å²) in [4.78, 5) is 12.8. The average molecular weight is 377 g/mol. The summed E-state index contributed by atoms with van der Waals surface area (Å²) in [5, 5.41) is 16.1. The van der Waals surface area contributed by atoms with Crippen molar-refractivity contribution in [1.29, 1.82) is 0 Å². The third-order valence-corrected chi connectivity index (χ3v) is 5.21. The van der Waals surface area contributed by atoms with Gasteiger partial charge in [-0.05, 0) is 36.0 Å². The normalized spacial score (nSPS) is 10.6. The molecule has 1 aromatic heterocycles. The van der Waals surface area contributed by atoms with E-state index >= 15 is 0 Å². The molecule has 0 aliphatic rings. The number of halogens is 1. The minimum absolute atomic E-state index is 0.0635. The van der Waals surface area contributed by atoms with Crippen molar-refractivity contribution in [3.05, 3.63) is 64.0 Å². The van der Waals surface area contributed by atoms with Crippen molar-refractivity contribution < 1.29 is 9.90 Å². The zero-order valence-electron chi connectivity index (χ0n) is 12.4. The van der Waals surface area contributed by atoms with Crippen LogP contribution in [0, 0.1) is 0 Å². The number of fused-ring (bicyclic) bond motifs is 1. The van der Waals surface area contributed by atoms with Gasteiger partial charge < -0.3 is 10.4 Å². The molecule has 0 atom stereocenters. The van der Waals surface area contributed by atoms with Gasteiger partial charge in [0.05, 0.1) is 11.6 Å². The van der Waals surface area contributed by atoms with Crippen molar-refractivity contribution in [3.63, 3.8) is 0 Å². The summed E-state index contributed by atoms with van der Waals surface area (Å²) in [5.41, 5.74) is 1.44. The van der Waals surface area contributed by atoms with Gasteiger partial charge in [0.1, 0.15) is 4.88 Å². The second-order valence-corrected chi connectivity index (χ2v) is 6.85. The average Bonchev–Trinajstić information content (AvgIpc) is 2.92. The Kier molecular flexibility index (Phi) is 5.11. The highest BCUT2D eigenvalue weighted by Crippen LogP contribution is 2.34. The van der Waals surface area contributed by atoms with Crippen molar-refractivity contribution in [3.8, 4) is 0 Å². The molecular formula is C17H13ClN2O2S2. The third kappa shape index (κ3) is 3.57. The Bertz CT molecular complexity index is 924. The Morgan fingerprint density at radius 3 is 2.75 bits per heavy atom. The van der Waals surface area contributed by atoms with Crippen LogP contribution in [0.15, 0.2) is 48.5 Å². The van der Waals surface area contributed by atoms with Gasteiger partial charge in [-0.15, -0.1) is 11.3 Å². The first kappa shape index (κ1) is 16.9. The first-order valence-electron chi connectivity index (χ1n) is 7.07. The summed E-state index contributed by atoms with van der Waals surface area (Å²) in [7, 11) is 0. The van der Waals surface area contributed by atoms with Crippen LogP contribution in [0.25, 0.3) is 10.1 Å². The molecule has 0 aliphatic heterocycles. The maximum atomic E-state index is 12.4. The van der Waals surface area contributed by atoms with Gasteiger partial charge in [0.15, 0.2) is 5.11 Å². The molecule has 3 rings (SSSR count). The first-order chi connectivity index (χ1) is 11.6. The molecule has 4 nitrogen and oxygen atoms in total. The Hall–Kier alpha value is -1.99. The number of benzene rings is 2. The molecule has 7 heteroatoms. The lowest BCUT2D eigenvalue weighted by Gasteiger charge is -2.09. The van der Waals surface area contributed by atoms with E-state index in [0.29, 0.717) is 15.6 Å². The molecule has 122 valence electrons. The van der Waals surface area contributed by atoms with Crippen molar-refractivity contribution in [2.75, 3.05) is 5.32 Å². The molecular weight excluding hydrogens is 364 g/mol. The Morgan fingerprint density at radius 2 is 2.00 bits per heavy atom. The summed E-state index contributed by atoms with van der Waals surface area (Å²) in [6, 6.07) is 14.7. The van der Waals surface area contributed by atoms with Gasteiger partial charge >= 0.3 is 0 Å². The quantitative estimate of drug-likeness (QED) is 0.600. The number of anilines is 1. The van der Waals surface area contributed by atoms with Gasteiger partial charge in [-0.25, -0.2) is 0 Å². The molecule has 0 saturated heterocycles. The van der Waals surface area contributed by atoms with E-state index in [2.05, 4.69) is 10.6 Å². The van der Waals surface area contributed by atoms with Crippen LogP contribution in [0.5, 0.6) is 0 Å². The van der Waals surface area contributed by atoms with Gasteiger partial charge in [-0.3, -0.25) is 10.1 Å². The molecule has 0 aliphatic carbocycles.